The van der Waals surface area contributed by atoms with Crippen LogP contribution in [0.2, 0.25) is 0 Å². The van der Waals surface area contributed by atoms with E-state index in [1.165, 1.54) is 0 Å². The molecule has 0 saturated heterocycles. The van der Waals surface area contributed by atoms with Crippen LogP contribution in [-0.2, 0) is 0 Å². The van der Waals surface area contributed by atoms with Gasteiger partial charge >= 0.3 is 0 Å². The van der Waals surface area contributed by atoms with Gasteiger partial charge in [0.2, 0.25) is 0 Å². The van der Waals surface area contributed by atoms with Crippen molar-refractivity contribution in [3.05, 3.63) is 36.5 Å². The molecule has 1 aliphatic rings. The SMILES string of the molecule is OCC1C=C/C=C\C/C=C\1. The highest BCUT2D eigenvalue weighted by Crippen LogP contribution is 2.04. The quantitative estimate of drug-likeness (QED) is 0.543. The average Bonchev–Trinajstić information content (AvgIpc) is 1.87. The third-order valence-electron chi connectivity index (χ3n) is 1.47. The average molecular weight is 136 g/mol. The van der Waals surface area contributed by atoms with Gasteiger partial charge in [-0.1, -0.05) is 36.5 Å². The Labute approximate surface area is 61.4 Å². The second kappa shape index (κ2) is 4.07. The van der Waals surface area contributed by atoms with Crippen molar-refractivity contribution in [2.24, 2.45) is 5.92 Å². The summed E-state index contributed by atoms with van der Waals surface area (Å²) in [4.78, 5) is 0. The molecule has 1 atom stereocenters. The molecule has 1 rings (SSSR count). The van der Waals surface area contributed by atoms with E-state index in [4.69, 9.17) is 5.11 Å². The van der Waals surface area contributed by atoms with E-state index in [1.807, 2.05) is 24.3 Å². The molecule has 0 amide bonds. The van der Waals surface area contributed by atoms with Crippen LogP contribution in [-0.4, -0.2) is 11.7 Å². The summed E-state index contributed by atoms with van der Waals surface area (Å²) >= 11 is 0. The Kier molecular flexibility index (Phi) is 2.97. The van der Waals surface area contributed by atoms with E-state index in [-0.39, 0.29) is 12.5 Å². The summed E-state index contributed by atoms with van der Waals surface area (Å²) in [6, 6.07) is 0. The summed E-state index contributed by atoms with van der Waals surface area (Å²) in [5.41, 5.74) is 0. The van der Waals surface area contributed by atoms with Crippen LogP contribution >= 0.6 is 0 Å². The molecular formula is C9H12O. The number of aliphatic hydroxyl groups is 1. The molecule has 0 aromatic rings. The van der Waals surface area contributed by atoms with E-state index >= 15 is 0 Å². The van der Waals surface area contributed by atoms with Gasteiger partial charge in [-0.3, -0.25) is 0 Å². The molecular weight excluding hydrogens is 124 g/mol. The fraction of sp³-hybridized carbons (Fsp3) is 0.333. The molecule has 0 fully saturated rings. The van der Waals surface area contributed by atoms with E-state index < -0.39 is 0 Å². The van der Waals surface area contributed by atoms with E-state index in [0.29, 0.717) is 0 Å². The van der Waals surface area contributed by atoms with E-state index in [0.717, 1.165) is 6.42 Å². The van der Waals surface area contributed by atoms with Crippen molar-refractivity contribution in [1.29, 1.82) is 0 Å². The number of aliphatic hydroxyl groups excluding tert-OH is 1. The van der Waals surface area contributed by atoms with Crippen LogP contribution in [0, 0.1) is 5.92 Å². The maximum atomic E-state index is 8.78. The molecule has 0 aromatic carbocycles. The summed E-state index contributed by atoms with van der Waals surface area (Å²) in [5, 5.41) is 8.78. The van der Waals surface area contributed by atoms with Crippen LogP contribution in [0.5, 0.6) is 0 Å². The van der Waals surface area contributed by atoms with E-state index in [1.54, 1.807) is 0 Å². The summed E-state index contributed by atoms with van der Waals surface area (Å²) in [7, 11) is 0. The summed E-state index contributed by atoms with van der Waals surface area (Å²) < 4.78 is 0. The van der Waals surface area contributed by atoms with Crippen molar-refractivity contribution in [2.75, 3.05) is 6.61 Å². The first-order valence-corrected chi connectivity index (χ1v) is 3.54. The van der Waals surface area contributed by atoms with Crippen molar-refractivity contribution in [1.82, 2.24) is 0 Å². The van der Waals surface area contributed by atoms with Crippen molar-refractivity contribution < 1.29 is 5.11 Å². The monoisotopic (exact) mass is 136 g/mol. The van der Waals surface area contributed by atoms with Crippen LogP contribution in [0.25, 0.3) is 0 Å². The number of hydrogen-bond acceptors (Lipinski definition) is 1. The Morgan fingerprint density at radius 1 is 1.20 bits per heavy atom. The Hall–Kier alpha value is -0.820. The van der Waals surface area contributed by atoms with Crippen molar-refractivity contribution in [3.8, 4) is 0 Å². The molecule has 1 heteroatoms. The lowest BCUT2D eigenvalue weighted by atomic mass is 10.1. The van der Waals surface area contributed by atoms with Gasteiger partial charge in [0.15, 0.2) is 0 Å². The van der Waals surface area contributed by atoms with Crippen LogP contribution in [0.3, 0.4) is 0 Å². The third-order valence-corrected chi connectivity index (χ3v) is 1.47. The third kappa shape index (κ3) is 2.19. The molecule has 1 nitrogen and oxygen atoms in total. The Morgan fingerprint density at radius 3 is 2.90 bits per heavy atom. The Balaban J connectivity index is 2.58. The summed E-state index contributed by atoms with van der Waals surface area (Å²) in [6.45, 7) is 0.209. The van der Waals surface area contributed by atoms with Crippen LogP contribution in [0.1, 0.15) is 6.42 Å². The highest BCUT2D eigenvalue weighted by Gasteiger charge is 1.95. The Bertz CT molecular complexity index is 166. The molecule has 0 aromatic heterocycles. The molecule has 0 radical (unpaired) electrons. The highest BCUT2D eigenvalue weighted by atomic mass is 16.3. The molecule has 0 bridgehead atoms. The zero-order valence-electron chi connectivity index (χ0n) is 5.90. The second-order valence-electron chi connectivity index (χ2n) is 2.32. The normalized spacial score (nSPS) is 30.7. The van der Waals surface area contributed by atoms with Gasteiger partial charge in [0.05, 0.1) is 6.61 Å². The van der Waals surface area contributed by atoms with Crippen molar-refractivity contribution in [2.45, 2.75) is 6.42 Å². The van der Waals surface area contributed by atoms with E-state index in [2.05, 4.69) is 12.2 Å². The second-order valence-corrected chi connectivity index (χ2v) is 2.32. The van der Waals surface area contributed by atoms with Crippen molar-refractivity contribution >= 4 is 0 Å². The molecule has 1 N–H and O–H groups in total. The fourth-order valence-corrected chi connectivity index (χ4v) is 0.882. The standard InChI is InChI=1S/C9H12O/c10-8-9-6-4-2-1-3-5-7-9/h1-2,4-7,9-10H,3,8H2/b2-1-,6-4?,7-5-. The lowest BCUT2D eigenvalue weighted by Crippen LogP contribution is -1.97. The maximum absolute atomic E-state index is 8.78. The predicted molar refractivity (Wildman–Crippen MR) is 42.6 cm³/mol. The van der Waals surface area contributed by atoms with Crippen LogP contribution in [0.15, 0.2) is 36.5 Å². The van der Waals surface area contributed by atoms with Gasteiger partial charge in [-0.25, -0.2) is 0 Å². The minimum absolute atomic E-state index is 0.209. The fourth-order valence-electron chi connectivity index (χ4n) is 0.882. The molecule has 10 heavy (non-hydrogen) atoms. The summed E-state index contributed by atoms with van der Waals surface area (Å²) in [5.74, 6) is 0.213. The molecule has 0 spiro atoms. The first-order chi connectivity index (χ1) is 4.93. The zero-order chi connectivity index (χ0) is 7.23. The first-order valence-electron chi connectivity index (χ1n) is 3.54. The van der Waals surface area contributed by atoms with Gasteiger partial charge < -0.3 is 5.11 Å². The van der Waals surface area contributed by atoms with Gasteiger partial charge in [-0.2, -0.15) is 0 Å². The van der Waals surface area contributed by atoms with Gasteiger partial charge in [0.1, 0.15) is 0 Å². The van der Waals surface area contributed by atoms with Gasteiger partial charge in [-0.15, -0.1) is 0 Å². The van der Waals surface area contributed by atoms with Gasteiger partial charge in [0, 0.05) is 5.92 Å². The molecule has 0 saturated carbocycles. The lowest BCUT2D eigenvalue weighted by Gasteiger charge is -2.01. The number of hydrogen-bond donors (Lipinski definition) is 1. The maximum Gasteiger partial charge on any atom is 0.0528 e. The topological polar surface area (TPSA) is 20.2 Å². The zero-order valence-corrected chi connectivity index (χ0v) is 5.90. The largest absolute Gasteiger partial charge is 0.395 e. The lowest BCUT2D eigenvalue weighted by molar-refractivity contribution is 0.274. The minimum atomic E-state index is 0.209. The molecule has 1 aliphatic carbocycles. The molecule has 1 unspecified atom stereocenters. The highest BCUT2D eigenvalue weighted by molar-refractivity contribution is 5.13. The number of rotatable bonds is 1. The smallest absolute Gasteiger partial charge is 0.0528 e. The minimum Gasteiger partial charge on any atom is -0.395 e. The van der Waals surface area contributed by atoms with Gasteiger partial charge in [-0.05, 0) is 6.42 Å². The molecule has 0 aliphatic heterocycles. The summed E-state index contributed by atoms with van der Waals surface area (Å²) in [6.07, 6.45) is 13.1. The first kappa shape index (κ1) is 7.29. The predicted octanol–water partition coefficient (Wildman–Crippen LogP) is 1.67. The van der Waals surface area contributed by atoms with Crippen molar-refractivity contribution in [3.63, 3.8) is 0 Å². The van der Waals surface area contributed by atoms with Crippen LogP contribution < -0.4 is 0 Å². The molecule has 54 valence electrons. The number of allylic oxidation sites excluding steroid dienone is 4. The van der Waals surface area contributed by atoms with E-state index in [9.17, 15) is 0 Å². The van der Waals surface area contributed by atoms with Crippen LogP contribution in [0.4, 0.5) is 0 Å². The van der Waals surface area contributed by atoms with Gasteiger partial charge in [0.25, 0.3) is 0 Å². The Morgan fingerprint density at radius 2 is 2.10 bits per heavy atom. The molecule has 0 heterocycles.